The lowest BCUT2D eigenvalue weighted by Crippen LogP contribution is -2.54. The highest BCUT2D eigenvalue weighted by Crippen LogP contribution is 2.28. The third kappa shape index (κ3) is 4.61. The van der Waals surface area contributed by atoms with Gasteiger partial charge in [-0.2, -0.15) is 0 Å². The number of ether oxygens (including phenoxy) is 1. The van der Waals surface area contributed by atoms with Crippen molar-refractivity contribution in [2.75, 3.05) is 44.7 Å². The SMILES string of the molecule is COc1ccccc1N1CCN([C@H](C)C(=O)NCC(C)C)CC1. The highest BCUT2D eigenvalue weighted by atomic mass is 16.5. The van der Waals surface area contributed by atoms with Crippen LogP contribution in [0.25, 0.3) is 0 Å². The van der Waals surface area contributed by atoms with Crippen LogP contribution in [-0.2, 0) is 4.79 Å². The summed E-state index contributed by atoms with van der Waals surface area (Å²) < 4.78 is 5.45. The van der Waals surface area contributed by atoms with Crippen LogP contribution in [0.1, 0.15) is 20.8 Å². The molecule has 1 aromatic carbocycles. The van der Waals surface area contributed by atoms with Crippen LogP contribution >= 0.6 is 0 Å². The minimum atomic E-state index is -0.0754. The van der Waals surface area contributed by atoms with Gasteiger partial charge in [-0.05, 0) is 25.0 Å². The van der Waals surface area contributed by atoms with Crippen molar-refractivity contribution in [1.82, 2.24) is 10.2 Å². The second-order valence-corrected chi connectivity index (χ2v) is 6.51. The molecule has 23 heavy (non-hydrogen) atoms. The van der Waals surface area contributed by atoms with Crippen molar-refractivity contribution >= 4 is 11.6 Å². The zero-order chi connectivity index (χ0) is 16.8. The molecule has 0 aromatic heterocycles. The van der Waals surface area contributed by atoms with Gasteiger partial charge in [-0.3, -0.25) is 9.69 Å². The van der Waals surface area contributed by atoms with Gasteiger partial charge >= 0.3 is 0 Å². The summed E-state index contributed by atoms with van der Waals surface area (Å²) >= 11 is 0. The predicted molar refractivity (Wildman–Crippen MR) is 94.1 cm³/mol. The Bertz CT molecular complexity index is 511. The Morgan fingerprint density at radius 1 is 1.17 bits per heavy atom. The van der Waals surface area contributed by atoms with Crippen molar-refractivity contribution in [3.05, 3.63) is 24.3 Å². The molecule has 1 aliphatic rings. The summed E-state index contributed by atoms with van der Waals surface area (Å²) in [4.78, 5) is 16.8. The maximum atomic E-state index is 12.2. The Balaban J connectivity index is 1.89. The Kier molecular flexibility index (Phi) is 6.28. The number of carbonyl (C=O) groups excluding carboxylic acids is 1. The van der Waals surface area contributed by atoms with Gasteiger partial charge in [0.05, 0.1) is 18.8 Å². The lowest BCUT2D eigenvalue weighted by Gasteiger charge is -2.39. The van der Waals surface area contributed by atoms with Crippen LogP contribution in [0.2, 0.25) is 0 Å². The van der Waals surface area contributed by atoms with Crippen LogP contribution in [0.15, 0.2) is 24.3 Å². The van der Waals surface area contributed by atoms with Gasteiger partial charge < -0.3 is 15.0 Å². The van der Waals surface area contributed by atoms with Gasteiger partial charge in [0, 0.05) is 32.7 Å². The van der Waals surface area contributed by atoms with Crippen molar-refractivity contribution in [1.29, 1.82) is 0 Å². The number of benzene rings is 1. The number of amides is 1. The summed E-state index contributed by atoms with van der Waals surface area (Å²) in [5.74, 6) is 1.52. The third-order valence-electron chi connectivity index (χ3n) is 4.35. The molecule has 1 aliphatic heterocycles. The van der Waals surface area contributed by atoms with Crippen LogP contribution in [-0.4, -0.2) is 56.7 Å². The van der Waals surface area contributed by atoms with E-state index in [0.29, 0.717) is 5.92 Å². The van der Waals surface area contributed by atoms with Crippen molar-refractivity contribution < 1.29 is 9.53 Å². The lowest BCUT2D eigenvalue weighted by atomic mass is 10.1. The van der Waals surface area contributed by atoms with E-state index in [-0.39, 0.29) is 11.9 Å². The molecule has 5 heteroatoms. The minimum absolute atomic E-state index is 0.0754. The number of nitrogens with one attached hydrogen (secondary N) is 1. The normalized spacial score (nSPS) is 17.2. The number of nitrogens with zero attached hydrogens (tertiary/aromatic N) is 2. The summed E-state index contributed by atoms with van der Waals surface area (Å²) in [7, 11) is 1.70. The van der Waals surface area contributed by atoms with Gasteiger partial charge in [-0.15, -0.1) is 0 Å². The molecule has 0 unspecified atom stereocenters. The molecular formula is C18H29N3O2. The maximum Gasteiger partial charge on any atom is 0.237 e. The van der Waals surface area contributed by atoms with Gasteiger partial charge in [-0.1, -0.05) is 26.0 Å². The van der Waals surface area contributed by atoms with E-state index in [9.17, 15) is 4.79 Å². The predicted octanol–water partition coefficient (Wildman–Crippen LogP) is 1.98. The Labute approximate surface area is 139 Å². The van der Waals surface area contributed by atoms with Crippen LogP contribution in [0, 0.1) is 5.92 Å². The first-order valence-corrected chi connectivity index (χ1v) is 8.42. The van der Waals surface area contributed by atoms with Crippen molar-refractivity contribution in [3.63, 3.8) is 0 Å². The van der Waals surface area contributed by atoms with Crippen LogP contribution in [0.3, 0.4) is 0 Å². The average molecular weight is 319 g/mol. The van der Waals surface area contributed by atoms with E-state index in [1.807, 2.05) is 25.1 Å². The minimum Gasteiger partial charge on any atom is -0.495 e. The lowest BCUT2D eigenvalue weighted by molar-refractivity contribution is -0.126. The first kappa shape index (κ1) is 17.6. The molecule has 5 nitrogen and oxygen atoms in total. The molecule has 1 aromatic rings. The maximum absolute atomic E-state index is 12.2. The van der Waals surface area contributed by atoms with Crippen molar-refractivity contribution in [2.45, 2.75) is 26.8 Å². The average Bonchev–Trinajstić information content (AvgIpc) is 2.59. The van der Waals surface area contributed by atoms with Gasteiger partial charge in [0.2, 0.25) is 5.91 Å². The summed E-state index contributed by atoms with van der Waals surface area (Å²) in [6.45, 7) is 10.5. The fourth-order valence-electron chi connectivity index (χ4n) is 2.86. The second-order valence-electron chi connectivity index (χ2n) is 6.51. The summed E-state index contributed by atoms with van der Waals surface area (Å²) in [5.41, 5.74) is 1.13. The number of hydrogen-bond donors (Lipinski definition) is 1. The number of hydrogen-bond acceptors (Lipinski definition) is 4. The van der Waals surface area contributed by atoms with E-state index in [0.717, 1.165) is 44.2 Å². The van der Waals surface area contributed by atoms with E-state index < -0.39 is 0 Å². The molecule has 1 heterocycles. The first-order chi connectivity index (χ1) is 11.0. The fourth-order valence-corrected chi connectivity index (χ4v) is 2.86. The molecule has 1 N–H and O–H groups in total. The molecule has 2 rings (SSSR count). The number of rotatable bonds is 6. The number of carbonyl (C=O) groups is 1. The molecule has 0 aliphatic carbocycles. The van der Waals surface area contributed by atoms with Crippen LogP contribution in [0.4, 0.5) is 5.69 Å². The quantitative estimate of drug-likeness (QED) is 0.871. The van der Waals surface area contributed by atoms with E-state index in [1.165, 1.54) is 0 Å². The molecule has 0 saturated carbocycles. The Morgan fingerprint density at radius 3 is 2.43 bits per heavy atom. The first-order valence-electron chi connectivity index (χ1n) is 8.42. The Hall–Kier alpha value is -1.75. The molecule has 1 atom stereocenters. The van der Waals surface area contributed by atoms with Gasteiger partial charge in [0.15, 0.2) is 0 Å². The topological polar surface area (TPSA) is 44.8 Å². The van der Waals surface area contributed by atoms with Gasteiger partial charge in [0.25, 0.3) is 0 Å². The summed E-state index contributed by atoms with van der Waals surface area (Å²) in [5, 5.41) is 3.03. The molecule has 0 radical (unpaired) electrons. The van der Waals surface area contributed by atoms with Crippen LogP contribution < -0.4 is 15.0 Å². The van der Waals surface area contributed by atoms with E-state index >= 15 is 0 Å². The number of methoxy groups -OCH3 is 1. The van der Waals surface area contributed by atoms with Crippen molar-refractivity contribution in [3.8, 4) is 5.75 Å². The number of para-hydroxylation sites is 2. The van der Waals surface area contributed by atoms with Crippen LogP contribution in [0.5, 0.6) is 5.75 Å². The molecule has 1 amide bonds. The smallest absolute Gasteiger partial charge is 0.237 e. The van der Waals surface area contributed by atoms with E-state index in [1.54, 1.807) is 7.11 Å². The molecule has 128 valence electrons. The summed E-state index contributed by atoms with van der Waals surface area (Å²) in [6.07, 6.45) is 0. The zero-order valence-corrected chi connectivity index (χ0v) is 14.7. The second kappa shape index (κ2) is 8.20. The monoisotopic (exact) mass is 319 g/mol. The molecule has 1 fully saturated rings. The number of anilines is 1. The highest BCUT2D eigenvalue weighted by molar-refractivity contribution is 5.81. The standard InChI is InChI=1S/C18H29N3O2/c1-14(2)13-19-18(22)15(3)20-9-11-21(12-10-20)16-7-5-6-8-17(16)23-4/h5-8,14-15H,9-13H2,1-4H3,(H,19,22)/t15-/m1/s1. The molecular weight excluding hydrogens is 290 g/mol. The fraction of sp³-hybridized carbons (Fsp3) is 0.611. The molecule has 0 bridgehead atoms. The Morgan fingerprint density at radius 2 is 1.83 bits per heavy atom. The number of piperazine rings is 1. The third-order valence-corrected chi connectivity index (χ3v) is 4.35. The molecule has 1 saturated heterocycles. The van der Waals surface area contributed by atoms with Gasteiger partial charge in [0.1, 0.15) is 5.75 Å². The highest BCUT2D eigenvalue weighted by Gasteiger charge is 2.26. The molecule has 0 spiro atoms. The van der Waals surface area contributed by atoms with E-state index in [4.69, 9.17) is 4.74 Å². The van der Waals surface area contributed by atoms with E-state index in [2.05, 4.69) is 35.0 Å². The zero-order valence-electron chi connectivity index (χ0n) is 14.7. The van der Waals surface area contributed by atoms with Crippen molar-refractivity contribution in [2.24, 2.45) is 5.92 Å². The van der Waals surface area contributed by atoms with Gasteiger partial charge in [-0.25, -0.2) is 0 Å². The largest absolute Gasteiger partial charge is 0.495 e. The summed E-state index contributed by atoms with van der Waals surface area (Å²) in [6, 6.07) is 8.02.